The molecule has 3 N–H and O–H groups in total. The highest BCUT2D eigenvalue weighted by molar-refractivity contribution is 5.44. The minimum atomic E-state index is -0.957. The van der Waals surface area contributed by atoms with Crippen LogP contribution in [-0.4, -0.2) is 10.7 Å². The quantitative estimate of drug-likeness (QED) is 0.458. The van der Waals surface area contributed by atoms with Crippen molar-refractivity contribution < 1.29 is 5.11 Å². The third-order valence-electron chi connectivity index (χ3n) is 1.35. The molecule has 2 nitrogen and oxygen atoms in total. The predicted molar refractivity (Wildman–Crippen MR) is 52.9 cm³/mol. The summed E-state index contributed by atoms with van der Waals surface area (Å²) in [6.07, 6.45) is 0. The monoisotopic (exact) mass is 174 g/mol. The van der Waals surface area contributed by atoms with Crippen molar-refractivity contribution in [2.24, 2.45) is 0 Å². The molecule has 2 heteroatoms. The lowest BCUT2D eigenvalue weighted by Crippen LogP contribution is -2.14. The lowest BCUT2D eigenvalue weighted by atomic mass is 10.1. The molecule has 1 rings (SSSR count). The van der Waals surface area contributed by atoms with Crippen LogP contribution in [0.15, 0.2) is 18.2 Å². The molecule has 0 aliphatic carbocycles. The maximum atomic E-state index is 9.33. The SMILES string of the molecule is CC(C)(O)C#Cc1c[c]c(N)cc1. The molecule has 0 aliphatic heterocycles. The Morgan fingerprint density at radius 3 is 2.62 bits per heavy atom. The number of nitrogens with two attached hydrogens (primary N) is 1. The molecule has 0 aromatic heterocycles. The standard InChI is InChI=1S/C11H12NO/c1-11(2,13)8-7-9-3-5-10(12)6-4-9/h3-5,13H,12H2,1-2H3. The smallest absolute Gasteiger partial charge is 0.120 e. The zero-order valence-electron chi connectivity index (χ0n) is 7.76. The lowest BCUT2D eigenvalue weighted by molar-refractivity contribution is 0.143. The van der Waals surface area contributed by atoms with E-state index < -0.39 is 5.60 Å². The Morgan fingerprint density at radius 1 is 1.46 bits per heavy atom. The summed E-state index contributed by atoms with van der Waals surface area (Å²) in [6.45, 7) is 3.28. The number of benzene rings is 1. The first-order chi connectivity index (χ1) is 5.97. The third kappa shape index (κ3) is 3.64. The van der Waals surface area contributed by atoms with Crippen molar-refractivity contribution in [3.63, 3.8) is 0 Å². The van der Waals surface area contributed by atoms with E-state index in [1.807, 2.05) is 0 Å². The molecule has 1 radical (unpaired) electrons. The first-order valence-electron chi connectivity index (χ1n) is 4.00. The van der Waals surface area contributed by atoms with Gasteiger partial charge in [0.15, 0.2) is 0 Å². The zero-order valence-corrected chi connectivity index (χ0v) is 7.76. The third-order valence-corrected chi connectivity index (χ3v) is 1.35. The normalized spacial score (nSPS) is 10.4. The van der Waals surface area contributed by atoms with E-state index in [1.165, 1.54) is 0 Å². The van der Waals surface area contributed by atoms with E-state index in [4.69, 9.17) is 5.73 Å². The molecule has 1 aromatic carbocycles. The van der Waals surface area contributed by atoms with Gasteiger partial charge in [0.2, 0.25) is 0 Å². The van der Waals surface area contributed by atoms with Crippen LogP contribution in [0.3, 0.4) is 0 Å². The van der Waals surface area contributed by atoms with E-state index in [9.17, 15) is 5.11 Å². The summed E-state index contributed by atoms with van der Waals surface area (Å²) in [5, 5.41) is 9.33. The van der Waals surface area contributed by atoms with Crippen molar-refractivity contribution in [1.29, 1.82) is 0 Å². The van der Waals surface area contributed by atoms with Crippen LogP contribution in [0.25, 0.3) is 0 Å². The Labute approximate surface area is 78.4 Å². The second kappa shape index (κ2) is 3.51. The van der Waals surface area contributed by atoms with Gasteiger partial charge in [-0.1, -0.05) is 11.8 Å². The summed E-state index contributed by atoms with van der Waals surface area (Å²) >= 11 is 0. The van der Waals surface area contributed by atoms with Gasteiger partial charge in [-0.3, -0.25) is 0 Å². The Balaban J connectivity index is 2.85. The Kier molecular flexibility index (Phi) is 2.60. The maximum Gasteiger partial charge on any atom is 0.120 e. The average molecular weight is 174 g/mol. The van der Waals surface area contributed by atoms with Crippen LogP contribution in [0.5, 0.6) is 0 Å². The average Bonchev–Trinajstić information content (AvgIpc) is 2.02. The van der Waals surface area contributed by atoms with Gasteiger partial charge in [0, 0.05) is 17.3 Å². The van der Waals surface area contributed by atoms with Gasteiger partial charge in [0.25, 0.3) is 0 Å². The van der Waals surface area contributed by atoms with Crippen molar-refractivity contribution in [2.75, 3.05) is 5.73 Å². The summed E-state index contributed by atoms with van der Waals surface area (Å²) < 4.78 is 0. The number of hydrogen-bond donors (Lipinski definition) is 2. The fourth-order valence-corrected chi connectivity index (χ4v) is 0.740. The molecular weight excluding hydrogens is 162 g/mol. The molecule has 0 bridgehead atoms. The van der Waals surface area contributed by atoms with E-state index in [1.54, 1.807) is 32.0 Å². The second-order valence-corrected chi connectivity index (χ2v) is 3.34. The highest BCUT2D eigenvalue weighted by Crippen LogP contribution is 2.04. The largest absolute Gasteiger partial charge is 0.398 e. The second-order valence-electron chi connectivity index (χ2n) is 3.34. The first-order valence-corrected chi connectivity index (χ1v) is 4.00. The van der Waals surface area contributed by atoms with Crippen LogP contribution in [-0.2, 0) is 0 Å². The maximum absolute atomic E-state index is 9.33. The van der Waals surface area contributed by atoms with Crippen LogP contribution in [0, 0.1) is 17.9 Å². The molecule has 13 heavy (non-hydrogen) atoms. The molecule has 0 saturated heterocycles. The van der Waals surface area contributed by atoms with Gasteiger partial charge in [0.05, 0.1) is 0 Å². The number of aliphatic hydroxyl groups is 1. The van der Waals surface area contributed by atoms with E-state index in [0.29, 0.717) is 5.69 Å². The van der Waals surface area contributed by atoms with Gasteiger partial charge >= 0.3 is 0 Å². The number of anilines is 1. The van der Waals surface area contributed by atoms with Crippen LogP contribution in [0.2, 0.25) is 0 Å². The molecule has 0 spiro atoms. The van der Waals surface area contributed by atoms with Gasteiger partial charge in [-0.05, 0) is 32.0 Å². The molecule has 0 atom stereocenters. The molecule has 0 fully saturated rings. The van der Waals surface area contributed by atoms with Crippen molar-refractivity contribution in [3.05, 3.63) is 29.8 Å². The molecule has 67 valence electrons. The molecule has 0 heterocycles. The fraction of sp³-hybridized carbons (Fsp3) is 0.273. The molecule has 0 aliphatic rings. The van der Waals surface area contributed by atoms with Gasteiger partial charge in [-0.25, -0.2) is 0 Å². The van der Waals surface area contributed by atoms with Gasteiger partial charge in [-0.15, -0.1) is 0 Å². The first kappa shape index (κ1) is 9.63. The molecule has 0 unspecified atom stereocenters. The Hall–Kier alpha value is -1.46. The van der Waals surface area contributed by atoms with E-state index in [-0.39, 0.29) is 0 Å². The predicted octanol–water partition coefficient (Wildman–Crippen LogP) is 1.19. The van der Waals surface area contributed by atoms with Gasteiger partial charge in [-0.2, -0.15) is 0 Å². The molecular formula is C11H12NO. The minimum absolute atomic E-state index is 0.591. The molecule has 0 amide bonds. The van der Waals surface area contributed by atoms with Gasteiger partial charge in [0.1, 0.15) is 5.60 Å². The van der Waals surface area contributed by atoms with Crippen LogP contribution in [0.4, 0.5) is 5.69 Å². The van der Waals surface area contributed by atoms with Crippen molar-refractivity contribution in [1.82, 2.24) is 0 Å². The Bertz CT molecular complexity index is 335. The number of nitrogen functional groups attached to an aromatic ring is 1. The minimum Gasteiger partial charge on any atom is -0.398 e. The summed E-state index contributed by atoms with van der Waals surface area (Å²) in [6, 6.07) is 8.06. The van der Waals surface area contributed by atoms with E-state index in [2.05, 4.69) is 17.9 Å². The lowest BCUT2D eigenvalue weighted by Gasteiger charge is -2.05. The van der Waals surface area contributed by atoms with Crippen LogP contribution < -0.4 is 5.73 Å². The highest BCUT2D eigenvalue weighted by Gasteiger charge is 2.05. The Morgan fingerprint density at radius 2 is 2.15 bits per heavy atom. The van der Waals surface area contributed by atoms with Crippen molar-refractivity contribution >= 4 is 5.69 Å². The summed E-state index contributed by atoms with van der Waals surface area (Å²) in [5.41, 5.74) is 5.89. The van der Waals surface area contributed by atoms with Crippen molar-refractivity contribution in [3.8, 4) is 11.8 Å². The van der Waals surface area contributed by atoms with Crippen molar-refractivity contribution in [2.45, 2.75) is 19.4 Å². The number of rotatable bonds is 0. The van der Waals surface area contributed by atoms with Crippen LogP contribution in [0.1, 0.15) is 19.4 Å². The molecule has 0 saturated carbocycles. The topological polar surface area (TPSA) is 46.2 Å². The summed E-state index contributed by atoms with van der Waals surface area (Å²) in [4.78, 5) is 0. The van der Waals surface area contributed by atoms with Crippen LogP contribution >= 0.6 is 0 Å². The fourth-order valence-electron chi connectivity index (χ4n) is 0.740. The number of hydrogen-bond acceptors (Lipinski definition) is 2. The zero-order chi connectivity index (χ0) is 9.90. The van der Waals surface area contributed by atoms with E-state index in [0.717, 1.165) is 5.56 Å². The molecule has 1 aromatic rings. The van der Waals surface area contributed by atoms with E-state index >= 15 is 0 Å². The van der Waals surface area contributed by atoms with Gasteiger partial charge < -0.3 is 10.8 Å². The summed E-state index contributed by atoms with van der Waals surface area (Å²) in [5.74, 6) is 5.53. The summed E-state index contributed by atoms with van der Waals surface area (Å²) in [7, 11) is 0. The highest BCUT2D eigenvalue weighted by atomic mass is 16.3.